The molecule has 0 fully saturated rings. The van der Waals surface area contributed by atoms with Crippen LogP contribution >= 0.6 is 11.6 Å². The summed E-state index contributed by atoms with van der Waals surface area (Å²) in [6, 6.07) is 4.65. The third-order valence-corrected chi connectivity index (χ3v) is 2.89. The highest BCUT2D eigenvalue weighted by Gasteiger charge is 2.14. The van der Waals surface area contributed by atoms with Crippen LogP contribution in [0.2, 0.25) is 5.02 Å². The maximum Gasteiger partial charge on any atom is 0.339 e. The molecule has 0 aliphatic heterocycles. The van der Waals surface area contributed by atoms with Crippen molar-refractivity contribution >= 4 is 17.6 Å². The van der Waals surface area contributed by atoms with E-state index in [0.29, 0.717) is 18.1 Å². The molecule has 1 aromatic carbocycles. The largest absolute Gasteiger partial charge is 0.491 e. The normalized spacial score (nSPS) is 10.4. The van der Waals surface area contributed by atoms with E-state index in [9.17, 15) is 4.79 Å². The van der Waals surface area contributed by atoms with Gasteiger partial charge in [-0.3, -0.25) is 4.68 Å². The van der Waals surface area contributed by atoms with Gasteiger partial charge in [-0.15, -0.1) is 0 Å². The highest BCUT2D eigenvalue weighted by Crippen LogP contribution is 2.28. The van der Waals surface area contributed by atoms with Crippen molar-refractivity contribution in [1.29, 1.82) is 0 Å². The fraction of sp³-hybridized carbons (Fsp3) is 0.231. The van der Waals surface area contributed by atoms with Crippen LogP contribution in [0, 0.1) is 0 Å². The quantitative estimate of drug-likeness (QED) is 0.913. The molecule has 0 saturated heterocycles. The van der Waals surface area contributed by atoms with Crippen LogP contribution in [0.3, 0.4) is 0 Å². The zero-order chi connectivity index (χ0) is 13.8. The number of halogens is 1. The second-order valence-electron chi connectivity index (χ2n) is 4.04. The number of aromatic nitrogens is 2. The molecule has 100 valence electrons. The molecule has 0 aliphatic rings. The van der Waals surface area contributed by atoms with Gasteiger partial charge in [0.2, 0.25) is 0 Å². The molecule has 5 nitrogen and oxygen atoms in total. The third-order valence-electron chi connectivity index (χ3n) is 2.59. The van der Waals surface area contributed by atoms with E-state index in [2.05, 4.69) is 5.10 Å². The minimum absolute atomic E-state index is 0.0682. The number of aryl methyl sites for hydroxylation is 1. The van der Waals surface area contributed by atoms with Crippen LogP contribution in [-0.4, -0.2) is 27.5 Å². The zero-order valence-electron chi connectivity index (χ0n) is 10.3. The first-order chi connectivity index (χ1) is 9.08. The average Bonchev–Trinajstić information content (AvgIpc) is 2.77. The summed E-state index contributed by atoms with van der Waals surface area (Å²) in [5, 5.41) is 13.4. The molecule has 0 amide bonds. The van der Waals surface area contributed by atoms with Crippen molar-refractivity contribution in [3.8, 4) is 5.75 Å². The highest BCUT2D eigenvalue weighted by atomic mass is 35.5. The summed E-state index contributed by atoms with van der Waals surface area (Å²) in [5.74, 6) is -0.848. The maximum absolute atomic E-state index is 11.1. The van der Waals surface area contributed by atoms with Crippen LogP contribution in [0.1, 0.15) is 15.9 Å². The second-order valence-corrected chi connectivity index (χ2v) is 4.45. The summed E-state index contributed by atoms with van der Waals surface area (Å²) in [6.45, 7) is 0.343. The van der Waals surface area contributed by atoms with E-state index in [1.165, 1.54) is 6.07 Å². The van der Waals surface area contributed by atoms with Crippen molar-refractivity contribution < 1.29 is 14.6 Å². The van der Waals surface area contributed by atoms with Crippen molar-refractivity contribution in [2.75, 3.05) is 6.61 Å². The lowest BCUT2D eigenvalue weighted by molar-refractivity contribution is 0.0692. The molecule has 6 heteroatoms. The van der Waals surface area contributed by atoms with Crippen molar-refractivity contribution in [3.63, 3.8) is 0 Å². The van der Waals surface area contributed by atoms with Crippen molar-refractivity contribution in [2.24, 2.45) is 7.05 Å². The number of para-hydroxylation sites is 1. The minimum Gasteiger partial charge on any atom is -0.491 e. The average molecular weight is 281 g/mol. The number of hydrogen-bond acceptors (Lipinski definition) is 3. The van der Waals surface area contributed by atoms with Gasteiger partial charge in [0.1, 0.15) is 5.56 Å². The van der Waals surface area contributed by atoms with Gasteiger partial charge in [-0.1, -0.05) is 17.7 Å². The zero-order valence-corrected chi connectivity index (χ0v) is 11.1. The number of carboxylic acid groups (broad SMARTS) is 1. The van der Waals surface area contributed by atoms with E-state index in [4.69, 9.17) is 21.4 Å². The van der Waals surface area contributed by atoms with Crippen LogP contribution < -0.4 is 4.74 Å². The predicted octanol–water partition coefficient (Wildman–Crippen LogP) is 2.39. The number of benzene rings is 1. The van der Waals surface area contributed by atoms with E-state index in [-0.39, 0.29) is 11.3 Å². The Balaban J connectivity index is 2.05. The van der Waals surface area contributed by atoms with Crippen LogP contribution in [0.4, 0.5) is 0 Å². The molecule has 2 rings (SSSR count). The van der Waals surface area contributed by atoms with Gasteiger partial charge in [-0.2, -0.15) is 5.10 Å². The van der Waals surface area contributed by atoms with Gasteiger partial charge < -0.3 is 9.84 Å². The Kier molecular flexibility index (Phi) is 4.06. The molecule has 0 spiro atoms. The molecule has 0 saturated carbocycles. The molecule has 1 N–H and O–H groups in total. The number of carboxylic acids is 1. The molecule has 1 heterocycles. The Hall–Kier alpha value is -2.01. The van der Waals surface area contributed by atoms with Gasteiger partial charge in [-0.05, 0) is 17.7 Å². The topological polar surface area (TPSA) is 64.3 Å². The van der Waals surface area contributed by atoms with Crippen molar-refractivity contribution in [2.45, 2.75) is 6.42 Å². The Morgan fingerprint density at radius 1 is 1.53 bits per heavy atom. The first kappa shape index (κ1) is 13.4. The fourth-order valence-corrected chi connectivity index (χ4v) is 1.92. The van der Waals surface area contributed by atoms with E-state index in [1.54, 1.807) is 23.0 Å². The summed E-state index contributed by atoms with van der Waals surface area (Å²) in [6.07, 6.45) is 4.26. The first-order valence-corrected chi connectivity index (χ1v) is 6.08. The molecule has 1 aromatic heterocycles. The van der Waals surface area contributed by atoms with Crippen LogP contribution in [0.5, 0.6) is 5.75 Å². The lowest BCUT2D eigenvalue weighted by atomic mass is 10.2. The summed E-state index contributed by atoms with van der Waals surface area (Å²) in [4.78, 5) is 11.1. The Morgan fingerprint density at radius 2 is 2.32 bits per heavy atom. The van der Waals surface area contributed by atoms with Gasteiger partial charge in [0, 0.05) is 19.7 Å². The number of nitrogens with zero attached hydrogens (tertiary/aromatic N) is 2. The molecule has 19 heavy (non-hydrogen) atoms. The Morgan fingerprint density at radius 3 is 2.95 bits per heavy atom. The lowest BCUT2D eigenvalue weighted by Gasteiger charge is -2.10. The molecule has 0 aliphatic carbocycles. The van der Waals surface area contributed by atoms with Gasteiger partial charge in [0.15, 0.2) is 5.75 Å². The summed E-state index contributed by atoms with van der Waals surface area (Å²) < 4.78 is 7.19. The van der Waals surface area contributed by atoms with E-state index in [0.717, 1.165) is 5.56 Å². The highest BCUT2D eigenvalue weighted by molar-refractivity contribution is 6.32. The standard InChI is InChI=1S/C13H13ClN2O3/c1-16-8-9(7-15-16)5-6-19-12-10(13(17)18)3-2-4-11(12)14/h2-4,7-8H,5-6H2,1H3,(H,17,18). The molecular formula is C13H13ClN2O3. The number of hydrogen-bond donors (Lipinski definition) is 1. The number of aromatic carboxylic acids is 1. The molecular weight excluding hydrogens is 268 g/mol. The van der Waals surface area contributed by atoms with Crippen LogP contribution in [0.25, 0.3) is 0 Å². The summed E-state index contributed by atoms with van der Waals surface area (Å²) >= 11 is 5.95. The molecule has 2 aromatic rings. The van der Waals surface area contributed by atoms with E-state index in [1.807, 2.05) is 13.2 Å². The number of carbonyl (C=O) groups is 1. The van der Waals surface area contributed by atoms with E-state index >= 15 is 0 Å². The number of ether oxygens (including phenoxy) is 1. The summed E-state index contributed by atoms with van der Waals surface area (Å²) in [7, 11) is 1.83. The third kappa shape index (κ3) is 3.26. The fourth-order valence-electron chi connectivity index (χ4n) is 1.70. The SMILES string of the molecule is Cn1cc(CCOc2c(Cl)cccc2C(=O)O)cn1. The molecule has 0 bridgehead atoms. The van der Waals surface area contributed by atoms with Crippen LogP contribution in [-0.2, 0) is 13.5 Å². The van der Waals surface area contributed by atoms with Crippen molar-refractivity contribution in [3.05, 3.63) is 46.7 Å². The minimum atomic E-state index is -1.06. The van der Waals surface area contributed by atoms with Crippen LogP contribution in [0.15, 0.2) is 30.6 Å². The smallest absolute Gasteiger partial charge is 0.339 e. The second kappa shape index (κ2) is 5.75. The monoisotopic (exact) mass is 280 g/mol. The Labute approximate surface area is 115 Å². The molecule has 0 radical (unpaired) electrons. The lowest BCUT2D eigenvalue weighted by Crippen LogP contribution is -2.06. The first-order valence-electron chi connectivity index (χ1n) is 5.70. The van der Waals surface area contributed by atoms with Gasteiger partial charge in [0.25, 0.3) is 0 Å². The number of rotatable bonds is 5. The van der Waals surface area contributed by atoms with Gasteiger partial charge in [0.05, 0.1) is 17.8 Å². The Bertz CT molecular complexity index is 595. The van der Waals surface area contributed by atoms with Gasteiger partial charge in [-0.25, -0.2) is 4.79 Å². The maximum atomic E-state index is 11.1. The van der Waals surface area contributed by atoms with E-state index < -0.39 is 5.97 Å². The molecule has 0 atom stereocenters. The predicted molar refractivity (Wildman–Crippen MR) is 70.8 cm³/mol. The summed E-state index contributed by atoms with van der Waals surface area (Å²) in [5.41, 5.74) is 1.09. The van der Waals surface area contributed by atoms with Gasteiger partial charge >= 0.3 is 5.97 Å². The molecule has 0 unspecified atom stereocenters. The van der Waals surface area contributed by atoms with Crippen molar-refractivity contribution in [1.82, 2.24) is 9.78 Å².